The van der Waals surface area contributed by atoms with E-state index in [1.54, 1.807) is 0 Å². The predicted molar refractivity (Wildman–Crippen MR) is 57.5 cm³/mol. The van der Waals surface area contributed by atoms with Gasteiger partial charge in [0.15, 0.2) is 24.5 Å². The fourth-order valence-corrected chi connectivity index (χ4v) is 1.77. The van der Waals surface area contributed by atoms with E-state index < -0.39 is 0 Å². The van der Waals surface area contributed by atoms with Gasteiger partial charge in [0.1, 0.15) is 0 Å². The van der Waals surface area contributed by atoms with Crippen LogP contribution in [0.4, 0.5) is 0 Å². The molecule has 0 aromatic carbocycles. The summed E-state index contributed by atoms with van der Waals surface area (Å²) in [4.78, 5) is 10.6. The molecule has 0 amide bonds. The van der Waals surface area contributed by atoms with E-state index in [1.807, 2.05) is 0 Å². The molecule has 0 saturated heterocycles. The third kappa shape index (κ3) is 3.35. The number of nitrogens with zero attached hydrogens (tertiary/aromatic N) is 1. The molecule has 1 heterocycles. The number of hydrogen-bond donors (Lipinski definition) is 0. The number of carbonyl (C=O) groups is 1. The minimum atomic E-state index is -0.224. The van der Waals surface area contributed by atoms with Gasteiger partial charge in [-0.25, -0.2) is 0 Å². The fourth-order valence-electron chi connectivity index (χ4n) is 1.77. The number of pyridine rings is 1. The molecule has 0 saturated carbocycles. The van der Waals surface area contributed by atoms with Crippen molar-refractivity contribution in [2.45, 2.75) is 34.2 Å². The molecule has 0 N–H and O–H groups in total. The Balaban J connectivity index is 2.72. The molecular formula is C12H18NO2+. The van der Waals surface area contributed by atoms with Crippen molar-refractivity contribution < 1.29 is 14.1 Å². The molecule has 3 heteroatoms. The molecule has 0 unspecified atom stereocenters. The molecule has 1 rings (SSSR count). The number of aryl methyl sites for hydroxylation is 3. The molecule has 82 valence electrons. The van der Waals surface area contributed by atoms with Crippen LogP contribution in [0.3, 0.4) is 0 Å². The Morgan fingerprint density at radius 3 is 2.27 bits per heavy atom. The average molecular weight is 208 g/mol. The fraction of sp³-hybridized carbons (Fsp3) is 0.500. The highest BCUT2D eigenvalue weighted by atomic mass is 16.5. The lowest BCUT2D eigenvalue weighted by atomic mass is 10.2. The molecule has 0 bridgehead atoms. The Kier molecular flexibility index (Phi) is 3.83. The highest BCUT2D eigenvalue weighted by Crippen LogP contribution is 2.01. The van der Waals surface area contributed by atoms with E-state index in [1.165, 1.54) is 23.9 Å². The third-order valence-corrected chi connectivity index (χ3v) is 2.34. The first-order valence-electron chi connectivity index (χ1n) is 5.12. The van der Waals surface area contributed by atoms with Crippen molar-refractivity contribution in [3.8, 4) is 0 Å². The van der Waals surface area contributed by atoms with Crippen LogP contribution in [0.2, 0.25) is 0 Å². The van der Waals surface area contributed by atoms with Crippen molar-refractivity contribution in [1.29, 1.82) is 0 Å². The van der Waals surface area contributed by atoms with E-state index in [-0.39, 0.29) is 5.97 Å². The smallest absolute Gasteiger partial charge is 0.302 e. The minimum absolute atomic E-state index is 0.224. The summed E-state index contributed by atoms with van der Waals surface area (Å²) in [6.07, 6.45) is 0. The number of hydrogen-bond acceptors (Lipinski definition) is 2. The van der Waals surface area contributed by atoms with Gasteiger partial charge in [0, 0.05) is 32.9 Å². The maximum absolute atomic E-state index is 10.6. The lowest BCUT2D eigenvalue weighted by Gasteiger charge is -2.05. The van der Waals surface area contributed by atoms with Crippen molar-refractivity contribution in [2.24, 2.45) is 0 Å². The van der Waals surface area contributed by atoms with Crippen LogP contribution >= 0.6 is 0 Å². The lowest BCUT2D eigenvalue weighted by Crippen LogP contribution is -2.42. The number of esters is 1. The summed E-state index contributed by atoms with van der Waals surface area (Å²) in [6, 6.07) is 4.25. The SMILES string of the molecule is CC(=O)OCC[n+]1c(C)cc(C)cc1C. The molecule has 0 aliphatic heterocycles. The summed E-state index contributed by atoms with van der Waals surface area (Å²) < 4.78 is 7.08. The second kappa shape index (κ2) is 4.91. The van der Waals surface area contributed by atoms with E-state index in [0.29, 0.717) is 6.61 Å². The Hall–Kier alpha value is -1.38. The normalized spacial score (nSPS) is 10.1. The van der Waals surface area contributed by atoms with Gasteiger partial charge in [0.25, 0.3) is 0 Å². The van der Waals surface area contributed by atoms with E-state index in [4.69, 9.17) is 4.74 Å². The van der Waals surface area contributed by atoms with Crippen LogP contribution in [0.25, 0.3) is 0 Å². The summed E-state index contributed by atoms with van der Waals surface area (Å²) in [7, 11) is 0. The number of ether oxygens (including phenoxy) is 1. The molecule has 0 aliphatic rings. The van der Waals surface area contributed by atoms with E-state index in [9.17, 15) is 4.79 Å². The zero-order valence-electron chi connectivity index (χ0n) is 9.83. The van der Waals surface area contributed by atoms with Crippen LogP contribution in [0, 0.1) is 20.8 Å². The quantitative estimate of drug-likeness (QED) is 0.556. The first-order valence-corrected chi connectivity index (χ1v) is 5.12. The largest absolute Gasteiger partial charge is 0.459 e. The zero-order chi connectivity index (χ0) is 11.4. The monoisotopic (exact) mass is 208 g/mol. The molecule has 0 fully saturated rings. The molecule has 1 aromatic heterocycles. The van der Waals surface area contributed by atoms with E-state index in [0.717, 1.165) is 6.54 Å². The van der Waals surface area contributed by atoms with Gasteiger partial charge in [-0.3, -0.25) is 4.79 Å². The molecule has 0 radical (unpaired) electrons. The highest BCUT2D eigenvalue weighted by Gasteiger charge is 2.11. The van der Waals surface area contributed by atoms with Crippen molar-refractivity contribution in [2.75, 3.05) is 6.61 Å². The lowest BCUT2D eigenvalue weighted by molar-refractivity contribution is -0.709. The number of rotatable bonds is 3. The maximum Gasteiger partial charge on any atom is 0.302 e. The first kappa shape index (κ1) is 11.7. The zero-order valence-corrected chi connectivity index (χ0v) is 9.83. The number of aromatic nitrogens is 1. The summed E-state index contributed by atoms with van der Waals surface area (Å²) in [5, 5.41) is 0. The molecule has 0 atom stereocenters. The van der Waals surface area contributed by atoms with Gasteiger partial charge in [-0.15, -0.1) is 0 Å². The van der Waals surface area contributed by atoms with Crippen molar-refractivity contribution in [1.82, 2.24) is 0 Å². The van der Waals surface area contributed by atoms with Gasteiger partial charge in [0.05, 0.1) is 0 Å². The molecule has 0 spiro atoms. The molecular weight excluding hydrogens is 190 g/mol. The van der Waals surface area contributed by atoms with Crippen LogP contribution in [-0.2, 0) is 16.1 Å². The van der Waals surface area contributed by atoms with E-state index >= 15 is 0 Å². The standard InChI is InChI=1S/C12H18NO2/c1-9-7-10(2)13(11(3)8-9)5-6-15-12(4)14/h7-8H,5-6H2,1-4H3/q+1. The van der Waals surface area contributed by atoms with Crippen LogP contribution in [0.5, 0.6) is 0 Å². The minimum Gasteiger partial charge on any atom is -0.459 e. The van der Waals surface area contributed by atoms with Gasteiger partial charge in [-0.05, 0) is 12.5 Å². The van der Waals surface area contributed by atoms with Crippen molar-refractivity contribution in [3.63, 3.8) is 0 Å². The van der Waals surface area contributed by atoms with Gasteiger partial charge in [-0.1, -0.05) is 0 Å². The summed E-state index contributed by atoms with van der Waals surface area (Å²) in [5.41, 5.74) is 3.65. The van der Waals surface area contributed by atoms with Crippen LogP contribution in [-0.4, -0.2) is 12.6 Å². The number of carbonyl (C=O) groups excluding carboxylic acids is 1. The van der Waals surface area contributed by atoms with Crippen LogP contribution in [0.15, 0.2) is 12.1 Å². The van der Waals surface area contributed by atoms with Gasteiger partial charge in [-0.2, -0.15) is 4.57 Å². The molecule has 3 nitrogen and oxygen atoms in total. The van der Waals surface area contributed by atoms with E-state index in [2.05, 4.69) is 37.5 Å². The molecule has 0 aliphatic carbocycles. The van der Waals surface area contributed by atoms with Crippen molar-refractivity contribution in [3.05, 3.63) is 29.1 Å². The Morgan fingerprint density at radius 1 is 1.27 bits per heavy atom. The highest BCUT2D eigenvalue weighted by molar-refractivity contribution is 5.65. The summed E-state index contributed by atoms with van der Waals surface area (Å²) in [5.74, 6) is -0.224. The average Bonchev–Trinajstić information content (AvgIpc) is 2.08. The molecule has 1 aromatic rings. The van der Waals surface area contributed by atoms with Crippen LogP contribution < -0.4 is 4.57 Å². The first-order chi connectivity index (χ1) is 7.00. The summed E-state index contributed by atoms with van der Waals surface area (Å²) in [6.45, 7) is 8.79. The Labute approximate surface area is 90.7 Å². The Morgan fingerprint density at radius 2 is 1.80 bits per heavy atom. The summed E-state index contributed by atoms with van der Waals surface area (Å²) >= 11 is 0. The van der Waals surface area contributed by atoms with Crippen LogP contribution in [0.1, 0.15) is 23.9 Å². The Bertz CT molecular complexity index is 349. The van der Waals surface area contributed by atoms with Gasteiger partial charge in [0.2, 0.25) is 0 Å². The maximum atomic E-state index is 10.6. The van der Waals surface area contributed by atoms with Crippen molar-refractivity contribution >= 4 is 5.97 Å². The van der Waals surface area contributed by atoms with Gasteiger partial charge < -0.3 is 4.74 Å². The third-order valence-electron chi connectivity index (χ3n) is 2.34. The second-order valence-corrected chi connectivity index (χ2v) is 3.81. The topological polar surface area (TPSA) is 30.2 Å². The van der Waals surface area contributed by atoms with Gasteiger partial charge >= 0.3 is 5.97 Å². The second-order valence-electron chi connectivity index (χ2n) is 3.81. The predicted octanol–water partition coefficient (Wildman–Crippen LogP) is 1.46. The molecule has 15 heavy (non-hydrogen) atoms.